The first-order valence-corrected chi connectivity index (χ1v) is 10.1. The van der Waals surface area contributed by atoms with Gasteiger partial charge in [-0.15, -0.1) is 0 Å². The van der Waals surface area contributed by atoms with E-state index in [-0.39, 0.29) is 18.0 Å². The van der Waals surface area contributed by atoms with Crippen LogP contribution in [0.2, 0.25) is 10.0 Å². The Labute approximate surface area is 188 Å². The fourth-order valence-electron chi connectivity index (χ4n) is 2.90. The summed E-state index contributed by atoms with van der Waals surface area (Å²) in [5.41, 5.74) is 4.21. The number of anilines is 1. The van der Waals surface area contributed by atoms with Gasteiger partial charge in [-0.05, 0) is 37.3 Å². The number of benzene rings is 2. The predicted octanol–water partition coefficient (Wildman–Crippen LogP) is 2.98. The minimum atomic E-state index is -0.794. The smallest absolute Gasteiger partial charge is 0.311 e. The summed E-state index contributed by atoms with van der Waals surface area (Å²) in [6, 6.07) is 11.4. The Morgan fingerprint density at radius 1 is 1.13 bits per heavy atom. The van der Waals surface area contributed by atoms with Crippen molar-refractivity contribution in [2.75, 3.05) is 18.5 Å². The monoisotopic (exact) mass is 463 g/mol. The van der Waals surface area contributed by atoms with Crippen molar-refractivity contribution >= 4 is 52.6 Å². The van der Waals surface area contributed by atoms with E-state index in [2.05, 4.69) is 10.7 Å². The third kappa shape index (κ3) is 5.96. The molecule has 0 spiro atoms. The number of rotatable bonds is 6. The molecule has 0 aromatic heterocycles. The van der Waals surface area contributed by atoms with E-state index in [1.165, 1.54) is 12.1 Å². The van der Waals surface area contributed by atoms with Gasteiger partial charge in [0.2, 0.25) is 5.91 Å². The summed E-state index contributed by atoms with van der Waals surface area (Å²) in [5, 5.41) is 4.25. The Morgan fingerprint density at radius 3 is 2.52 bits per heavy atom. The highest BCUT2D eigenvalue weighted by Crippen LogP contribution is 2.25. The maximum atomic E-state index is 12.3. The molecule has 2 aromatic rings. The molecule has 0 aliphatic carbocycles. The van der Waals surface area contributed by atoms with Gasteiger partial charge in [-0.2, -0.15) is 0 Å². The van der Waals surface area contributed by atoms with Gasteiger partial charge in [0.25, 0.3) is 11.8 Å². The highest BCUT2D eigenvalue weighted by atomic mass is 35.5. The summed E-state index contributed by atoms with van der Waals surface area (Å²) in [6.07, 6.45) is -0.127. The summed E-state index contributed by atoms with van der Waals surface area (Å²) in [6.45, 7) is 1.31. The Morgan fingerprint density at radius 2 is 1.84 bits per heavy atom. The number of ether oxygens (including phenoxy) is 1. The van der Waals surface area contributed by atoms with Crippen molar-refractivity contribution in [3.05, 3.63) is 63.6 Å². The van der Waals surface area contributed by atoms with Crippen LogP contribution in [0.25, 0.3) is 0 Å². The number of hydrogen-bond donors (Lipinski definition) is 2. The molecule has 3 rings (SSSR count). The van der Waals surface area contributed by atoms with Crippen molar-refractivity contribution in [2.24, 2.45) is 5.92 Å². The molecule has 3 amide bonds. The molecule has 10 heteroatoms. The molecular formula is C21H19Cl2N3O5. The zero-order valence-electron chi connectivity index (χ0n) is 16.5. The first-order valence-electron chi connectivity index (χ1n) is 9.32. The van der Waals surface area contributed by atoms with Crippen LogP contribution in [-0.2, 0) is 19.1 Å². The van der Waals surface area contributed by atoms with Crippen LogP contribution in [0.5, 0.6) is 0 Å². The van der Waals surface area contributed by atoms with Crippen molar-refractivity contribution in [3.63, 3.8) is 0 Å². The normalized spacial score (nSPS) is 15.5. The minimum Gasteiger partial charge on any atom is -0.455 e. The van der Waals surface area contributed by atoms with Gasteiger partial charge in [-0.1, -0.05) is 40.9 Å². The second-order valence-corrected chi connectivity index (χ2v) is 7.84. The van der Waals surface area contributed by atoms with Crippen LogP contribution in [-0.4, -0.2) is 41.9 Å². The van der Waals surface area contributed by atoms with Crippen LogP contribution in [0.4, 0.5) is 5.69 Å². The first kappa shape index (κ1) is 22.6. The summed E-state index contributed by atoms with van der Waals surface area (Å²) in [4.78, 5) is 48.7. The molecule has 31 heavy (non-hydrogen) atoms. The lowest BCUT2D eigenvalue weighted by Gasteiger charge is -2.17. The van der Waals surface area contributed by atoms with Gasteiger partial charge < -0.3 is 10.1 Å². The van der Waals surface area contributed by atoms with Gasteiger partial charge in [0.05, 0.1) is 23.2 Å². The van der Waals surface area contributed by atoms with E-state index in [9.17, 15) is 19.2 Å². The topological polar surface area (TPSA) is 105 Å². The maximum Gasteiger partial charge on any atom is 0.311 e. The Bertz CT molecular complexity index is 1030. The largest absolute Gasteiger partial charge is 0.455 e. The number of hydrogen-bond acceptors (Lipinski definition) is 5. The molecule has 0 saturated carbocycles. The van der Waals surface area contributed by atoms with E-state index in [0.717, 1.165) is 10.6 Å². The van der Waals surface area contributed by atoms with Gasteiger partial charge in [-0.3, -0.25) is 29.6 Å². The molecule has 0 bridgehead atoms. The highest BCUT2D eigenvalue weighted by Gasteiger charge is 2.36. The third-order valence-corrected chi connectivity index (χ3v) is 5.11. The second-order valence-electron chi connectivity index (χ2n) is 6.99. The van der Waals surface area contributed by atoms with Crippen molar-refractivity contribution in [2.45, 2.75) is 13.3 Å². The number of nitrogens with one attached hydrogen (secondary N) is 2. The summed E-state index contributed by atoms with van der Waals surface area (Å²) in [7, 11) is 0. The zero-order chi connectivity index (χ0) is 22.5. The number of halogens is 2. The fourth-order valence-corrected chi connectivity index (χ4v) is 3.35. The standard InChI is InChI=1S/C21H19Cl2N3O5/c1-12-2-4-13(5-3-12)20(29)25-26-10-14(8-19(26)28)21(30)31-11-18(27)24-17-7-6-15(22)9-16(17)23/h2-7,9,14H,8,10-11H2,1H3,(H,24,27)(H,25,29)/t14-/m0/s1. The lowest BCUT2D eigenvalue weighted by molar-refractivity contribution is -0.151. The molecule has 1 aliphatic heterocycles. The van der Waals surface area contributed by atoms with Crippen molar-refractivity contribution < 1.29 is 23.9 Å². The fraction of sp³-hybridized carbons (Fsp3) is 0.238. The van der Waals surface area contributed by atoms with Crippen LogP contribution < -0.4 is 10.7 Å². The third-order valence-electron chi connectivity index (χ3n) is 4.56. The van der Waals surface area contributed by atoms with Crippen molar-refractivity contribution in [1.82, 2.24) is 10.4 Å². The molecule has 0 unspecified atom stereocenters. The Kier molecular flexibility index (Phi) is 7.14. The highest BCUT2D eigenvalue weighted by molar-refractivity contribution is 6.36. The lowest BCUT2D eigenvalue weighted by Crippen LogP contribution is -2.43. The van der Waals surface area contributed by atoms with E-state index < -0.39 is 36.2 Å². The van der Waals surface area contributed by atoms with Gasteiger partial charge in [0.15, 0.2) is 6.61 Å². The average molecular weight is 464 g/mol. The number of carbonyl (C=O) groups excluding carboxylic acids is 4. The first-order chi connectivity index (χ1) is 14.7. The number of nitrogens with zero attached hydrogens (tertiary/aromatic N) is 1. The van der Waals surface area contributed by atoms with Gasteiger partial charge >= 0.3 is 5.97 Å². The maximum absolute atomic E-state index is 12.3. The van der Waals surface area contributed by atoms with Crippen LogP contribution in [0.15, 0.2) is 42.5 Å². The second kappa shape index (κ2) is 9.80. The van der Waals surface area contributed by atoms with E-state index in [4.69, 9.17) is 27.9 Å². The molecule has 2 aromatic carbocycles. The van der Waals surface area contributed by atoms with Crippen LogP contribution in [0.1, 0.15) is 22.3 Å². The van der Waals surface area contributed by atoms with E-state index >= 15 is 0 Å². The number of amides is 3. The zero-order valence-corrected chi connectivity index (χ0v) is 18.0. The summed E-state index contributed by atoms with van der Waals surface area (Å²) >= 11 is 11.8. The number of hydrazine groups is 1. The number of carbonyl (C=O) groups is 4. The van der Waals surface area contributed by atoms with Crippen LogP contribution in [0.3, 0.4) is 0 Å². The van der Waals surface area contributed by atoms with Crippen LogP contribution >= 0.6 is 23.2 Å². The molecule has 1 saturated heterocycles. The number of aryl methyl sites for hydroxylation is 1. The average Bonchev–Trinajstić information content (AvgIpc) is 3.09. The van der Waals surface area contributed by atoms with Gasteiger partial charge in [0.1, 0.15) is 0 Å². The molecule has 0 radical (unpaired) electrons. The molecular weight excluding hydrogens is 445 g/mol. The van der Waals surface area contributed by atoms with Crippen LogP contribution in [0, 0.1) is 12.8 Å². The molecule has 2 N–H and O–H groups in total. The van der Waals surface area contributed by atoms with Crippen molar-refractivity contribution in [1.29, 1.82) is 0 Å². The molecule has 1 heterocycles. The SMILES string of the molecule is Cc1ccc(C(=O)NN2C[C@@H](C(=O)OCC(=O)Nc3ccc(Cl)cc3Cl)CC2=O)cc1. The van der Waals surface area contributed by atoms with E-state index in [1.54, 1.807) is 30.3 Å². The molecule has 162 valence electrons. The van der Waals surface area contributed by atoms with Gasteiger partial charge in [-0.25, -0.2) is 0 Å². The molecule has 1 aliphatic rings. The van der Waals surface area contributed by atoms with E-state index in [1.807, 2.05) is 6.92 Å². The minimum absolute atomic E-state index is 0.0418. The number of esters is 1. The molecule has 1 atom stereocenters. The predicted molar refractivity (Wildman–Crippen MR) is 115 cm³/mol. The molecule has 8 nitrogen and oxygen atoms in total. The summed E-state index contributed by atoms with van der Waals surface area (Å²) < 4.78 is 5.01. The van der Waals surface area contributed by atoms with E-state index in [0.29, 0.717) is 16.3 Å². The lowest BCUT2D eigenvalue weighted by atomic mass is 10.1. The Hall–Kier alpha value is -3.10. The van der Waals surface area contributed by atoms with Crippen molar-refractivity contribution in [3.8, 4) is 0 Å². The Balaban J connectivity index is 1.48. The van der Waals surface area contributed by atoms with Gasteiger partial charge in [0, 0.05) is 17.0 Å². The quantitative estimate of drug-likeness (QED) is 0.640. The molecule has 1 fully saturated rings. The summed E-state index contributed by atoms with van der Waals surface area (Å²) in [5.74, 6) is -2.97.